The average Bonchev–Trinajstić information content (AvgIpc) is 2.34. The molecule has 0 saturated carbocycles. The Morgan fingerprint density at radius 2 is 2.67 bits per heavy atom. The van der Waals surface area contributed by atoms with Crippen molar-refractivity contribution >= 4 is 0 Å². The number of rotatable bonds is 3. The van der Waals surface area contributed by atoms with Crippen LogP contribution in [0.5, 0.6) is 0 Å². The van der Waals surface area contributed by atoms with E-state index in [1.165, 1.54) is 0 Å². The number of hydrogen-bond acceptors (Lipinski definition) is 2. The van der Waals surface area contributed by atoms with Crippen LogP contribution < -0.4 is 5.32 Å². The smallest absolute Gasteiger partial charge is 0.0715 e. The van der Waals surface area contributed by atoms with Crippen molar-refractivity contribution in [3.8, 4) is 0 Å². The van der Waals surface area contributed by atoms with Crippen molar-refractivity contribution in [2.75, 3.05) is 19.7 Å². The van der Waals surface area contributed by atoms with Gasteiger partial charge in [-0.25, -0.2) is 0 Å². The zero-order chi connectivity index (χ0) is 6.53. The van der Waals surface area contributed by atoms with Crippen molar-refractivity contribution in [3.05, 3.63) is 12.7 Å². The standard InChI is InChI=1S/C7H13NO/c1-2-5-9-7-3-4-8-6-7/h2,7-8H,1,3-6H2/t7-/m1/s1. The van der Waals surface area contributed by atoms with E-state index in [9.17, 15) is 0 Å². The fourth-order valence-corrected chi connectivity index (χ4v) is 0.975. The zero-order valence-electron chi connectivity index (χ0n) is 5.60. The van der Waals surface area contributed by atoms with Gasteiger partial charge in [0.05, 0.1) is 12.7 Å². The molecule has 0 aromatic heterocycles. The van der Waals surface area contributed by atoms with E-state index in [-0.39, 0.29) is 0 Å². The van der Waals surface area contributed by atoms with Gasteiger partial charge < -0.3 is 10.1 Å². The lowest BCUT2D eigenvalue weighted by Crippen LogP contribution is -2.16. The molecule has 2 nitrogen and oxygen atoms in total. The summed E-state index contributed by atoms with van der Waals surface area (Å²) in [7, 11) is 0. The van der Waals surface area contributed by atoms with Gasteiger partial charge in [-0.1, -0.05) is 6.08 Å². The van der Waals surface area contributed by atoms with Crippen LogP contribution in [0.2, 0.25) is 0 Å². The Morgan fingerprint density at radius 1 is 1.78 bits per heavy atom. The molecule has 0 aromatic carbocycles. The molecule has 1 rings (SSSR count). The summed E-state index contributed by atoms with van der Waals surface area (Å²) in [6, 6.07) is 0. The van der Waals surface area contributed by atoms with Crippen LogP contribution in [0.3, 0.4) is 0 Å². The van der Waals surface area contributed by atoms with E-state index < -0.39 is 0 Å². The van der Waals surface area contributed by atoms with Crippen LogP contribution in [-0.4, -0.2) is 25.8 Å². The quantitative estimate of drug-likeness (QED) is 0.559. The van der Waals surface area contributed by atoms with E-state index in [4.69, 9.17) is 4.74 Å². The minimum absolute atomic E-state index is 0.433. The Morgan fingerprint density at radius 3 is 3.22 bits per heavy atom. The molecule has 52 valence electrons. The van der Waals surface area contributed by atoms with Gasteiger partial charge >= 0.3 is 0 Å². The van der Waals surface area contributed by atoms with E-state index >= 15 is 0 Å². The summed E-state index contributed by atoms with van der Waals surface area (Å²) in [5, 5.41) is 3.22. The maximum Gasteiger partial charge on any atom is 0.0715 e. The Hall–Kier alpha value is -0.340. The highest BCUT2D eigenvalue weighted by Crippen LogP contribution is 2.01. The van der Waals surface area contributed by atoms with Crippen molar-refractivity contribution in [1.82, 2.24) is 5.32 Å². The predicted octanol–water partition coefficient (Wildman–Crippen LogP) is 0.551. The fourth-order valence-electron chi connectivity index (χ4n) is 0.975. The minimum Gasteiger partial charge on any atom is -0.373 e. The van der Waals surface area contributed by atoms with E-state index in [0.29, 0.717) is 12.7 Å². The lowest BCUT2D eigenvalue weighted by atomic mass is 10.3. The second-order valence-corrected chi connectivity index (χ2v) is 2.24. The lowest BCUT2D eigenvalue weighted by molar-refractivity contribution is 0.0896. The van der Waals surface area contributed by atoms with Crippen molar-refractivity contribution in [2.24, 2.45) is 0 Å². The van der Waals surface area contributed by atoms with Gasteiger partial charge in [0.15, 0.2) is 0 Å². The molecule has 1 atom stereocenters. The van der Waals surface area contributed by atoms with Crippen LogP contribution in [0, 0.1) is 0 Å². The van der Waals surface area contributed by atoms with Gasteiger partial charge in [0.2, 0.25) is 0 Å². The summed E-state index contributed by atoms with van der Waals surface area (Å²) in [6.45, 7) is 6.37. The van der Waals surface area contributed by atoms with Gasteiger partial charge in [0.25, 0.3) is 0 Å². The number of hydrogen-bond donors (Lipinski definition) is 1. The molecule has 9 heavy (non-hydrogen) atoms. The van der Waals surface area contributed by atoms with Gasteiger partial charge in [-0.3, -0.25) is 0 Å². The molecular weight excluding hydrogens is 114 g/mol. The largest absolute Gasteiger partial charge is 0.373 e. The monoisotopic (exact) mass is 127 g/mol. The highest BCUT2D eigenvalue weighted by Gasteiger charge is 2.12. The lowest BCUT2D eigenvalue weighted by Gasteiger charge is -2.06. The van der Waals surface area contributed by atoms with Crippen LogP contribution in [0.25, 0.3) is 0 Å². The summed E-state index contributed by atoms with van der Waals surface area (Å²) in [5.74, 6) is 0. The molecule has 0 aromatic rings. The molecule has 1 heterocycles. The maximum absolute atomic E-state index is 5.37. The first-order valence-corrected chi connectivity index (χ1v) is 3.36. The predicted molar refractivity (Wildman–Crippen MR) is 37.4 cm³/mol. The maximum atomic E-state index is 5.37. The normalized spacial score (nSPS) is 26.4. The molecule has 1 fully saturated rings. The summed E-state index contributed by atoms with van der Waals surface area (Å²) in [4.78, 5) is 0. The molecule has 1 aliphatic heterocycles. The molecule has 1 aliphatic rings. The third kappa shape index (κ3) is 2.16. The van der Waals surface area contributed by atoms with E-state index in [0.717, 1.165) is 19.5 Å². The Kier molecular flexibility index (Phi) is 2.74. The number of ether oxygens (including phenoxy) is 1. The highest BCUT2D eigenvalue weighted by atomic mass is 16.5. The molecule has 0 unspecified atom stereocenters. The summed E-state index contributed by atoms with van der Waals surface area (Å²) in [6.07, 6.45) is 3.37. The Bertz CT molecular complexity index is 86.9. The summed E-state index contributed by atoms with van der Waals surface area (Å²) < 4.78 is 5.37. The first-order chi connectivity index (χ1) is 4.43. The van der Waals surface area contributed by atoms with Gasteiger partial charge in [-0.2, -0.15) is 0 Å². The number of nitrogens with one attached hydrogen (secondary N) is 1. The van der Waals surface area contributed by atoms with Crippen LogP contribution in [0.4, 0.5) is 0 Å². The van der Waals surface area contributed by atoms with Gasteiger partial charge in [-0.05, 0) is 13.0 Å². The molecule has 1 N–H and O–H groups in total. The second kappa shape index (κ2) is 3.64. The van der Waals surface area contributed by atoms with Crippen molar-refractivity contribution in [2.45, 2.75) is 12.5 Å². The molecule has 0 amide bonds. The van der Waals surface area contributed by atoms with Crippen molar-refractivity contribution in [1.29, 1.82) is 0 Å². The fraction of sp³-hybridized carbons (Fsp3) is 0.714. The van der Waals surface area contributed by atoms with Crippen molar-refractivity contribution < 1.29 is 4.74 Å². The van der Waals surface area contributed by atoms with Gasteiger partial charge in [-0.15, -0.1) is 6.58 Å². The average molecular weight is 127 g/mol. The van der Waals surface area contributed by atoms with Crippen LogP contribution in [0.1, 0.15) is 6.42 Å². The zero-order valence-corrected chi connectivity index (χ0v) is 5.60. The first-order valence-electron chi connectivity index (χ1n) is 3.36. The van der Waals surface area contributed by atoms with Gasteiger partial charge in [0.1, 0.15) is 0 Å². The highest BCUT2D eigenvalue weighted by molar-refractivity contribution is 4.73. The second-order valence-electron chi connectivity index (χ2n) is 2.24. The van der Waals surface area contributed by atoms with Crippen molar-refractivity contribution in [3.63, 3.8) is 0 Å². The molecule has 0 bridgehead atoms. The Balaban J connectivity index is 2.04. The third-order valence-corrected chi connectivity index (χ3v) is 1.46. The molecular formula is C7H13NO. The van der Waals surface area contributed by atoms with E-state index in [1.807, 2.05) is 0 Å². The first kappa shape index (κ1) is 6.78. The topological polar surface area (TPSA) is 21.3 Å². The summed E-state index contributed by atoms with van der Waals surface area (Å²) in [5.41, 5.74) is 0. The van der Waals surface area contributed by atoms with Crippen LogP contribution in [-0.2, 0) is 4.74 Å². The van der Waals surface area contributed by atoms with Crippen LogP contribution in [0.15, 0.2) is 12.7 Å². The minimum atomic E-state index is 0.433. The van der Waals surface area contributed by atoms with Crippen LogP contribution >= 0.6 is 0 Å². The SMILES string of the molecule is C=CCO[C@@H]1CCNC1. The molecule has 0 spiro atoms. The molecule has 2 heteroatoms. The van der Waals surface area contributed by atoms with Gasteiger partial charge in [0, 0.05) is 6.54 Å². The Labute approximate surface area is 55.9 Å². The molecule has 1 saturated heterocycles. The van der Waals surface area contributed by atoms with E-state index in [1.54, 1.807) is 6.08 Å². The molecule has 0 aliphatic carbocycles. The molecule has 0 radical (unpaired) electrons. The third-order valence-electron chi connectivity index (χ3n) is 1.46. The van der Waals surface area contributed by atoms with E-state index in [2.05, 4.69) is 11.9 Å². The summed E-state index contributed by atoms with van der Waals surface area (Å²) >= 11 is 0.